The quantitative estimate of drug-likeness (QED) is 0.499. The summed E-state index contributed by atoms with van der Waals surface area (Å²) in [4.78, 5) is 32.0. The lowest BCUT2D eigenvalue weighted by Crippen LogP contribution is -2.30. The Balaban J connectivity index is 2.79. The Kier molecular flexibility index (Phi) is 4.35. The third-order valence-corrected chi connectivity index (χ3v) is 1.91. The first-order valence-electron chi connectivity index (χ1n) is 4.76. The predicted molar refractivity (Wildman–Crippen MR) is 57.5 cm³/mol. The molecule has 0 aliphatic carbocycles. The Morgan fingerprint density at radius 3 is 2.88 bits per heavy atom. The zero-order valence-corrected chi connectivity index (χ0v) is 8.83. The molecule has 17 heavy (non-hydrogen) atoms. The van der Waals surface area contributed by atoms with E-state index in [1.54, 1.807) is 0 Å². The van der Waals surface area contributed by atoms with Crippen molar-refractivity contribution < 1.29 is 14.8 Å². The number of hydrogen-bond donors (Lipinski definition) is 2. The highest BCUT2D eigenvalue weighted by molar-refractivity contribution is 5.75. The number of nitrogens with zero attached hydrogens (tertiary/aromatic N) is 2. The zero-order chi connectivity index (χ0) is 12.8. The van der Waals surface area contributed by atoms with Crippen LogP contribution in [0.4, 0.5) is 5.69 Å². The number of aliphatic hydroxyl groups excluding tert-OH is 1. The predicted octanol–water partition coefficient (Wildman–Crippen LogP) is -1.14. The first kappa shape index (κ1) is 12.8. The number of pyridine rings is 1. The normalized spacial score (nSPS) is 9.94. The van der Waals surface area contributed by atoms with Gasteiger partial charge in [-0.15, -0.1) is 0 Å². The molecule has 0 aliphatic rings. The number of nitro groups is 1. The van der Waals surface area contributed by atoms with Crippen LogP contribution in [0.5, 0.6) is 0 Å². The summed E-state index contributed by atoms with van der Waals surface area (Å²) in [7, 11) is 0. The van der Waals surface area contributed by atoms with Crippen molar-refractivity contribution in [2.24, 2.45) is 0 Å². The Morgan fingerprint density at radius 2 is 2.29 bits per heavy atom. The van der Waals surface area contributed by atoms with Gasteiger partial charge in [-0.1, -0.05) is 0 Å². The highest BCUT2D eigenvalue weighted by Crippen LogP contribution is 2.01. The summed E-state index contributed by atoms with van der Waals surface area (Å²) >= 11 is 0. The van der Waals surface area contributed by atoms with Crippen LogP contribution in [0.15, 0.2) is 23.3 Å². The number of hydrogen-bond acceptors (Lipinski definition) is 5. The molecule has 2 N–H and O–H groups in total. The molecule has 1 aromatic heterocycles. The van der Waals surface area contributed by atoms with Crippen molar-refractivity contribution in [3.05, 3.63) is 38.8 Å². The molecule has 0 unspecified atom stereocenters. The molecule has 92 valence electrons. The largest absolute Gasteiger partial charge is 0.395 e. The SMILES string of the molecule is O=C(Cn1ccc(=O)c([N+](=O)[O-])c1)NCCO. The van der Waals surface area contributed by atoms with E-state index < -0.39 is 21.9 Å². The maximum absolute atomic E-state index is 11.2. The second kappa shape index (κ2) is 5.75. The maximum Gasteiger partial charge on any atom is 0.332 e. The smallest absolute Gasteiger partial charge is 0.332 e. The molecule has 0 saturated heterocycles. The van der Waals surface area contributed by atoms with Gasteiger partial charge >= 0.3 is 5.69 Å². The van der Waals surface area contributed by atoms with Crippen LogP contribution in [0.2, 0.25) is 0 Å². The standard InChI is InChI=1S/C9H11N3O5/c13-4-2-10-9(15)6-11-3-1-8(14)7(5-11)12(16)17/h1,3,5,13H,2,4,6H2,(H,10,15). The van der Waals surface area contributed by atoms with Gasteiger partial charge in [0, 0.05) is 18.8 Å². The van der Waals surface area contributed by atoms with Gasteiger partial charge in [-0.05, 0) is 0 Å². The first-order valence-corrected chi connectivity index (χ1v) is 4.76. The van der Waals surface area contributed by atoms with Crippen molar-refractivity contribution in [2.45, 2.75) is 6.54 Å². The summed E-state index contributed by atoms with van der Waals surface area (Å²) in [5, 5.41) is 21.4. The van der Waals surface area contributed by atoms with Crippen LogP contribution in [0.1, 0.15) is 0 Å². The number of aliphatic hydroxyl groups is 1. The summed E-state index contributed by atoms with van der Waals surface area (Å²) in [5.41, 5.74) is -1.29. The van der Waals surface area contributed by atoms with Crippen LogP contribution in [0, 0.1) is 10.1 Å². The van der Waals surface area contributed by atoms with Gasteiger partial charge in [-0.3, -0.25) is 19.7 Å². The van der Waals surface area contributed by atoms with Crippen molar-refractivity contribution in [2.75, 3.05) is 13.2 Å². The average molecular weight is 241 g/mol. The molecule has 0 aliphatic heterocycles. The van der Waals surface area contributed by atoms with Gasteiger partial charge in [-0.25, -0.2) is 0 Å². The van der Waals surface area contributed by atoms with Crippen LogP contribution in [0.25, 0.3) is 0 Å². The van der Waals surface area contributed by atoms with Gasteiger partial charge in [0.25, 0.3) is 5.43 Å². The summed E-state index contributed by atoms with van der Waals surface area (Å²) in [6.45, 7) is -0.224. The molecule has 1 rings (SSSR count). The van der Waals surface area contributed by atoms with Crippen LogP contribution < -0.4 is 10.7 Å². The summed E-state index contributed by atoms with van der Waals surface area (Å²) < 4.78 is 1.23. The molecular formula is C9H11N3O5. The molecule has 0 spiro atoms. The lowest BCUT2D eigenvalue weighted by atomic mass is 10.4. The first-order chi connectivity index (χ1) is 8.04. The van der Waals surface area contributed by atoms with Gasteiger partial charge in [0.1, 0.15) is 6.54 Å². The lowest BCUT2D eigenvalue weighted by molar-refractivity contribution is -0.386. The maximum atomic E-state index is 11.2. The van der Waals surface area contributed by atoms with E-state index in [4.69, 9.17) is 5.11 Å². The highest BCUT2D eigenvalue weighted by atomic mass is 16.6. The molecule has 8 nitrogen and oxygen atoms in total. The van der Waals surface area contributed by atoms with E-state index in [1.165, 1.54) is 10.8 Å². The van der Waals surface area contributed by atoms with E-state index in [9.17, 15) is 19.7 Å². The number of carbonyl (C=O) groups excluding carboxylic acids is 1. The molecular weight excluding hydrogens is 230 g/mol. The van der Waals surface area contributed by atoms with E-state index in [-0.39, 0.29) is 19.7 Å². The molecule has 1 amide bonds. The third kappa shape index (κ3) is 3.68. The minimum Gasteiger partial charge on any atom is -0.395 e. The molecule has 0 aromatic carbocycles. The minimum atomic E-state index is -0.801. The number of aromatic nitrogens is 1. The van der Waals surface area contributed by atoms with Crippen molar-refractivity contribution in [3.8, 4) is 0 Å². The van der Waals surface area contributed by atoms with Gasteiger partial charge < -0.3 is 15.0 Å². The fraction of sp³-hybridized carbons (Fsp3) is 0.333. The molecule has 0 fully saturated rings. The molecule has 8 heteroatoms. The Bertz CT molecular complexity index is 482. The third-order valence-electron chi connectivity index (χ3n) is 1.91. The van der Waals surface area contributed by atoms with E-state index in [1.807, 2.05) is 0 Å². The second-order valence-electron chi connectivity index (χ2n) is 3.20. The Morgan fingerprint density at radius 1 is 1.59 bits per heavy atom. The van der Waals surface area contributed by atoms with E-state index in [0.29, 0.717) is 0 Å². The van der Waals surface area contributed by atoms with Gasteiger partial charge in [0.15, 0.2) is 0 Å². The fourth-order valence-electron chi connectivity index (χ4n) is 1.17. The zero-order valence-electron chi connectivity index (χ0n) is 8.83. The fourth-order valence-corrected chi connectivity index (χ4v) is 1.17. The van der Waals surface area contributed by atoms with E-state index in [2.05, 4.69) is 5.32 Å². The Hall–Kier alpha value is -2.22. The topological polar surface area (TPSA) is 114 Å². The summed E-state index contributed by atoms with van der Waals surface area (Å²) in [6.07, 6.45) is 2.29. The van der Waals surface area contributed by atoms with Gasteiger partial charge in [0.05, 0.1) is 17.7 Å². The van der Waals surface area contributed by atoms with E-state index >= 15 is 0 Å². The highest BCUT2D eigenvalue weighted by Gasteiger charge is 2.12. The molecule has 1 aromatic rings. The Labute approximate surface area is 95.6 Å². The van der Waals surface area contributed by atoms with Gasteiger partial charge in [0.2, 0.25) is 5.91 Å². The molecule has 0 bridgehead atoms. The van der Waals surface area contributed by atoms with Crippen molar-refractivity contribution in [3.63, 3.8) is 0 Å². The minimum absolute atomic E-state index is 0.112. The molecule has 0 saturated carbocycles. The number of nitrogens with one attached hydrogen (secondary N) is 1. The van der Waals surface area contributed by atoms with Crippen molar-refractivity contribution in [1.29, 1.82) is 0 Å². The van der Waals surface area contributed by atoms with E-state index in [0.717, 1.165) is 12.3 Å². The van der Waals surface area contributed by atoms with Crippen LogP contribution >= 0.6 is 0 Å². The average Bonchev–Trinajstić information content (AvgIpc) is 2.28. The summed E-state index contributed by atoms with van der Waals surface area (Å²) in [5.74, 6) is -0.406. The van der Waals surface area contributed by atoms with Crippen LogP contribution in [-0.4, -0.2) is 33.7 Å². The van der Waals surface area contributed by atoms with Crippen molar-refractivity contribution in [1.82, 2.24) is 9.88 Å². The van der Waals surface area contributed by atoms with Crippen molar-refractivity contribution >= 4 is 11.6 Å². The number of carbonyl (C=O) groups is 1. The second-order valence-corrected chi connectivity index (χ2v) is 3.20. The van der Waals surface area contributed by atoms with Crippen LogP contribution in [-0.2, 0) is 11.3 Å². The number of rotatable bonds is 5. The van der Waals surface area contributed by atoms with Gasteiger partial charge in [-0.2, -0.15) is 0 Å². The van der Waals surface area contributed by atoms with Crippen LogP contribution in [0.3, 0.4) is 0 Å². The number of amides is 1. The lowest BCUT2D eigenvalue weighted by Gasteiger charge is -2.06. The molecule has 0 atom stereocenters. The summed E-state index contributed by atoms with van der Waals surface area (Å²) in [6, 6.07) is 1.03. The molecule has 0 radical (unpaired) electrons. The monoisotopic (exact) mass is 241 g/mol. The molecule has 1 heterocycles.